The van der Waals surface area contributed by atoms with Crippen LogP contribution in [-0.2, 0) is 21.2 Å². The predicted molar refractivity (Wildman–Crippen MR) is 71.4 cm³/mol. The third-order valence-electron chi connectivity index (χ3n) is 3.16. The second-order valence-corrected chi connectivity index (χ2v) is 5.75. The summed E-state index contributed by atoms with van der Waals surface area (Å²) in [6, 6.07) is 3.36. The van der Waals surface area contributed by atoms with Gasteiger partial charge in [-0.15, -0.1) is 0 Å². The predicted octanol–water partition coefficient (Wildman–Crippen LogP) is -1.41. The number of halogens is 1. The zero-order valence-electron chi connectivity index (χ0n) is 11.3. The molecule has 0 fully saturated rings. The van der Waals surface area contributed by atoms with Crippen LogP contribution in [0.4, 0.5) is 0 Å². The summed E-state index contributed by atoms with van der Waals surface area (Å²) >= 11 is 6.10. The maximum absolute atomic E-state index is 10.5. The maximum Gasteiger partial charge on any atom is 1.00 e. The van der Waals surface area contributed by atoms with Crippen LogP contribution < -0.4 is 51.4 Å². The molecule has 2 aromatic rings. The first kappa shape index (κ1) is 17.4. The van der Waals surface area contributed by atoms with E-state index in [1.165, 1.54) is 0 Å². The fourth-order valence-electron chi connectivity index (χ4n) is 2.36. The minimum absolute atomic E-state index is 0. The number of rotatable bonds is 2. The van der Waals surface area contributed by atoms with Gasteiger partial charge >= 0.3 is 51.4 Å². The first-order valence-electron chi connectivity index (χ1n) is 5.74. The van der Waals surface area contributed by atoms with Crippen molar-refractivity contribution in [3.8, 4) is 0 Å². The minimum Gasteiger partial charge on any atom is -0.714 e. The molecule has 0 bridgehead atoms. The Balaban J connectivity index is 0.00000161. The van der Waals surface area contributed by atoms with E-state index in [0.29, 0.717) is 34.8 Å². The number of nitrogens with zero attached hydrogens (tertiary/aromatic N) is 3. The van der Waals surface area contributed by atoms with E-state index in [9.17, 15) is 13.0 Å². The molecule has 0 spiro atoms. The Hall–Kier alpha value is -0.00364. The Morgan fingerprint density at radius 3 is 2.86 bits per heavy atom. The van der Waals surface area contributed by atoms with E-state index < -0.39 is 10.4 Å². The second kappa shape index (κ2) is 6.24. The summed E-state index contributed by atoms with van der Waals surface area (Å²) in [4.78, 5) is 4.38. The zero-order valence-corrected chi connectivity index (χ0v) is 16.0. The molecule has 0 amide bonds. The summed E-state index contributed by atoms with van der Waals surface area (Å²) in [5.41, 5.74) is 2.45. The van der Waals surface area contributed by atoms with Crippen LogP contribution in [0.25, 0.3) is 11.0 Å². The molecule has 21 heavy (non-hydrogen) atoms. The summed E-state index contributed by atoms with van der Waals surface area (Å²) in [6.07, 6.45) is 0.441. The van der Waals surface area contributed by atoms with Gasteiger partial charge in [-0.2, -0.15) is 8.42 Å². The van der Waals surface area contributed by atoms with Crippen molar-refractivity contribution in [2.75, 3.05) is 0 Å². The summed E-state index contributed by atoms with van der Waals surface area (Å²) in [5, 5.41) is 3.95. The van der Waals surface area contributed by atoms with Gasteiger partial charge in [-0.1, -0.05) is 16.8 Å². The molecule has 0 atom stereocenters. The van der Waals surface area contributed by atoms with Gasteiger partial charge < -0.3 is 9.12 Å². The summed E-state index contributed by atoms with van der Waals surface area (Å²) in [7, 11) is -4.86. The van der Waals surface area contributed by atoms with E-state index in [4.69, 9.17) is 11.6 Å². The molecule has 0 radical (unpaired) electrons. The third kappa shape index (κ3) is 3.35. The number of aryl methyl sites for hydroxylation is 2. The van der Waals surface area contributed by atoms with Crippen LogP contribution in [0.3, 0.4) is 0 Å². The largest absolute Gasteiger partial charge is 1.00 e. The molecule has 7 nitrogen and oxygen atoms in total. The quantitative estimate of drug-likeness (QED) is 0.286. The molecular formula is C11H9ClKN3O4S. The average molecular weight is 354 g/mol. The van der Waals surface area contributed by atoms with E-state index in [2.05, 4.69) is 14.4 Å². The Kier molecular flexibility index (Phi) is 5.16. The summed E-state index contributed by atoms with van der Waals surface area (Å²) in [5.74, 6) is 0.811. The van der Waals surface area contributed by atoms with Gasteiger partial charge in [0.05, 0.1) is 16.3 Å². The first-order valence-corrected chi connectivity index (χ1v) is 7.45. The number of hydrogen-bond donors (Lipinski definition) is 0. The van der Waals surface area contributed by atoms with Crippen molar-refractivity contribution in [3.05, 3.63) is 28.5 Å². The fraction of sp³-hybridized carbons (Fsp3) is 0.273. The van der Waals surface area contributed by atoms with Gasteiger partial charge in [-0.25, -0.2) is 4.98 Å². The van der Waals surface area contributed by atoms with Crippen LogP contribution in [0.1, 0.15) is 17.8 Å². The van der Waals surface area contributed by atoms with Crippen LogP contribution in [0.15, 0.2) is 17.3 Å². The molecule has 0 unspecified atom stereocenters. The molecule has 1 aromatic carbocycles. The van der Waals surface area contributed by atoms with E-state index in [0.717, 1.165) is 11.3 Å². The molecule has 1 aliphatic heterocycles. The number of hydrogen-bond acceptors (Lipinski definition) is 6. The van der Waals surface area contributed by atoms with E-state index >= 15 is 0 Å². The normalized spacial score (nSPS) is 16.0. The molecule has 1 aliphatic rings. The van der Waals surface area contributed by atoms with Gasteiger partial charge in [-0.3, -0.25) is 4.28 Å². The van der Waals surface area contributed by atoms with E-state index in [-0.39, 0.29) is 51.4 Å². The van der Waals surface area contributed by atoms with E-state index in [1.807, 2.05) is 11.5 Å². The minimum atomic E-state index is -4.86. The Bertz CT molecular complexity index is 847. The molecule has 2 heterocycles. The molecule has 0 N–H and O–H groups in total. The fourth-order valence-corrected chi connectivity index (χ4v) is 2.74. The van der Waals surface area contributed by atoms with Gasteiger partial charge in [0.1, 0.15) is 11.3 Å². The van der Waals surface area contributed by atoms with Crippen LogP contribution in [-0.4, -0.2) is 28.2 Å². The molecule has 0 saturated heterocycles. The number of oxime groups is 1. The van der Waals surface area contributed by atoms with Crippen molar-refractivity contribution in [1.29, 1.82) is 0 Å². The van der Waals surface area contributed by atoms with Crippen LogP contribution >= 0.6 is 11.6 Å². The monoisotopic (exact) mass is 353 g/mol. The van der Waals surface area contributed by atoms with Gasteiger partial charge in [0.25, 0.3) is 10.4 Å². The topological polar surface area (TPSA) is 96.6 Å². The van der Waals surface area contributed by atoms with E-state index in [1.54, 1.807) is 12.1 Å². The Labute approximate surface area is 168 Å². The molecule has 3 rings (SSSR count). The molecule has 106 valence electrons. The first-order chi connectivity index (χ1) is 9.37. The summed E-state index contributed by atoms with van der Waals surface area (Å²) < 4.78 is 37.5. The van der Waals surface area contributed by atoms with Crippen LogP contribution in [0.5, 0.6) is 0 Å². The number of aromatic nitrogens is 2. The van der Waals surface area contributed by atoms with Crippen molar-refractivity contribution >= 4 is 38.7 Å². The molecule has 10 heteroatoms. The van der Waals surface area contributed by atoms with Crippen LogP contribution in [0.2, 0.25) is 5.02 Å². The zero-order chi connectivity index (χ0) is 14.5. The van der Waals surface area contributed by atoms with Gasteiger partial charge in [0.15, 0.2) is 0 Å². The van der Waals surface area contributed by atoms with Gasteiger partial charge in [-0.05, 0) is 19.1 Å². The molecule has 0 saturated carbocycles. The average Bonchev–Trinajstić information content (AvgIpc) is 2.70. The van der Waals surface area contributed by atoms with Crippen molar-refractivity contribution in [2.45, 2.75) is 19.9 Å². The Morgan fingerprint density at radius 1 is 1.48 bits per heavy atom. The third-order valence-corrected chi connectivity index (χ3v) is 3.72. The molecular weight excluding hydrogens is 345 g/mol. The second-order valence-electron chi connectivity index (χ2n) is 4.37. The smallest absolute Gasteiger partial charge is 0.714 e. The van der Waals surface area contributed by atoms with Gasteiger partial charge in [0, 0.05) is 18.5 Å². The SMILES string of the molecule is Cc1nc2c(Cl)ccc3c2n1CC/C3=N\OS(=O)(=O)[O-].[K+]. The van der Waals surface area contributed by atoms with Crippen molar-refractivity contribution < 1.29 is 68.6 Å². The van der Waals surface area contributed by atoms with Gasteiger partial charge in [0.2, 0.25) is 0 Å². The van der Waals surface area contributed by atoms with Crippen molar-refractivity contribution in [1.82, 2.24) is 9.55 Å². The van der Waals surface area contributed by atoms with Crippen molar-refractivity contribution in [2.24, 2.45) is 5.16 Å². The van der Waals surface area contributed by atoms with Crippen LogP contribution in [0, 0.1) is 6.92 Å². The number of benzene rings is 1. The maximum atomic E-state index is 10.5. The van der Waals surface area contributed by atoms with Crippen molar-refractivity contribution in [3.63, 3.8) is 0 Å². The summed E-state index contributed by atoms with van der Waals surface area (Å²) in [6.45, 7) is 2.43. The number of imidazole rings is 1. The molecule has 1 aromatic heterocycles. The molecule has 0 aliphatic carbocycles. The Morgan fingerprint density at radius 2 is 2.19 bits per heavy atom. The standard InChI is InChI=1S/C11H10ClN3O4S.K/c1-6-13-10-8(12)3-2-7-9(14-19-20(16,17)18)4-5-15(6)11(7)10;/h2-3H,4-5H2,1H3,(H,16,17,18);/q;+1/p-1/b14-9+;.